The highest BCUT2D eigenvalue weighted by Gasteiger charge is 2.52. The summed E-state index contributed by atoms with van der Waals surface area (Å²) in [7, 11) is 0. The largest absolute Gasteiger partial charge is 0.457 e. The summed E-state index contributed by atoms with van der Waals surface area (Å²) in [6.45, 7) is 6.96. The third kappa shape index (κ3) is 2.40. The third-order valence-electron chi connectivity index (χ3n) is 3.07. The molecule has 0 heterocycles. The Morgan fingerprint density at radius 2 is 2.00 bits per heavy atom. The molecule has 19 heavy (non-hydrogen) atoms. The highest BCUT2D eigenvalue weighted by atomic mass is 16.6. The maximum absolute atomic E-state index is 12.2. The van der Waals surface area contributed by atoms with E-state index in [4.69, 9.17) is 4.74 Å². The number of hydrogen-bond acceptors (Lipinski definition) is 4. The fraction of sp³-hybridized carbons (Fsp3) is 0.467. The van der Waals surface area contributed by atoms with Gasteiger partial charge in [-0.05, 0) is 39.3 Å². The van der Waals surface area contributed by atoms with Crippen LogP contribution in [0.25, 0.3) is 0 Å². The Kier molecular flexibility index (Phi) is 3.01. The van der Waals surface area contributed by atoms with Gasteiger partial charge in [-0.1, -0.05) is 17.7 Å². The van der Waals surface area contributed by atoms with Crippen LogP contribution in [0.2, 0.25) is 0 Å². The van der Waals surface area contributed by atoms with Gasteiger partial charge in [0, 0.05) is 12.0 Å². The second-order valence-electron chi connectivity index (χ2n) is 6.03. The number of ketones is 1. The van der Waals surface area contributed by atoms with Crippen molar-refractivity contribution in [2.75, 3.05) is 0 Å². The van der Waals surface area contributed by atoms with Gasteiger partial charge in [-0.2, -0.15) is 0 Å². The highest BCUT2D eigenvalue weighted by molar-refractivity contribution is 6.18. The molecule has 102 valence electrons. The summed E-state index contributed by atoms with van der Waals surface area (Å²) >= 11 is 0. The van der Waals surface area contributed by atoms with Crippen molar-refractivity contribution in [1.82, 2.24) is 0 Å². The lowest BCUT2D eigenvalue weighted by Crippen LogP contribution is -2.48. The van der Waals surface area contributed by atoms with Gasteiger partial charge in [0.2, 0.25) is 11.4 Å². The Morgan fingerprint density at radius 1 is 1.37 bits per heavy atom. The first-order chi connectivity index (χ1) is 8.63. The predicted molar refractivity (Wildman–Crippen MR) is 70.0 cm³/mol. The van der Waals surface area contributed by atoms with Crippen LogP contribution in [0.15, 0.2) is 18.2 Å². The van der Waals surface area contributed by atoms with Gasteiger partial charge in [-0.15, -0.1) is 0 Å². The number of benzene rings is 1. The molecule has 1 aliphatic carbocycles. The summed E-state index contributed by atoms with van der Waals surface area (Å²) in [5.74, 6) is -1.45. The average molecular weight is 262 g/mol. The topological polar surface area (TPSA) is 63.6 Å². The molecule has 1 N–H and O–H groups in total. The maximum atomic E-state index is 12.2. The zero-order chi connectivity index (χ0) is 14.4. The molecular weight excluding hydrogens is 244 g/mol. The molecule has 0 aromatic heterocycles. The maximum Gasteiger partial charge on any atom is 0.347 e. The Balaban J connectivity index is 2.34. The molecule has 2 rings (SSSR count). The fourth-order valence-corrected chi connectivity index (χ4v) is 2.16. The molecule has 0 saturated carbocycles. The molecule has 0 radical (unpaired) electrons. The van der Waals surface area contributed by atoms with Crippen LogP contribution in [0.4, 0.5) is 0 Å². The van der Waals surface area contributed by atoms with Crippen molar-refractivity contribution in [3.63, 3.8) is 0 Å². The van der Waals surface area contributed by atoms with Crippen LogP contribution in [0.1, 0.15) is 42.3 Å². The summed E-state index contributed by atoms with van der Waals surface area (Å²) in [6, 6.07) is 5.32. The monoisotopic (exact) mass is 262 g/mol. The van der Waals surface area contributed by atoms with E-state index in [0.717, 1.165) is 5.56 Å². The van der Waals surface area contributed by atoms with Gasteiger partial charge in [-0.25, -0.2) is 4.79 Å². The Labute approximate surface area is 112 Å². The molecule has 0 fully saturated rings. The van der Waals surface area contributed by atoms with Crippen LogP contribution in [0.5, 0.6) is 0 Å². The lowest BCUT2D eigenvalue weighted by atomic mass is 9.99. The molecule has 1 atom stereocenters. The van der Waals surface area contributed by atoms with Crippen molar-refractivity contribution in [2.24, 2.45) is 0 Å². The summed E-state index contributed by atoms with van der Waals surface area (Å²) in [6.07, 6.45) is -0.0175. The van der Waals surface area contributed by atoms with Crippen LogP contribution in [-0.2, 0) is 16.0 Å². The van der Waals surface area contributed by atoms with Crippen LogP contribution in [-0.4, -0.2) is 28.1 Å². The van der Waals surface area contributed by atoms with E-state index < -0.39 is 23.0 Å². The number of carbonyl (C=O) groups is 2. The van der Waals surface area contributed by atoms with E-state index in [0.29, 0.717) is 11.1 Å². The molecule has 4 heteroatoms. The van der Waals surface area contributed by atoms with E-state index in [1.54, 1.807) is 32.9 Å². The Hall–Kier alpha value is -1.68. The number of Topliss-reactive ketones (excluding diaryl/α,β-unsaturated/α-hetero) is 1. The van der Waals surface area contributed by atoms with Crippen molar-refractivity contribution in [3.8, 4) is 0 Å². The van der Waals surface area contributed by atoms with Gasteiger partial charge in [0.25, 0.3) is 0 Å². The summed E-state index contributed by atoms with van der Waals surface area (Å²) in [5, 5.41) is 10.4. The van der Waals surface area contributed by atoms with Crippen molar-refractivity contribution in [3.05, 3.63) is 34.9 Å². The highest BCUT2D eigenvalue weighted by Crippen LogP contribution is 2.32. The van der Waals surface area contributed by atoms with Gasteiger partial charge in [0.15, 0.2) is 0 Å². The summed E-state index contributed by atoms with van der Waals surface area (Å²) in [5.41, 5.74) is -0.806. The van der Waals surface area contributed by atoms with E-state index in [-0.39, 0.29) is 6.42 Å². The molecule has 0 saturated heterocycles. The number of ether oxygens (including phenoxy) is 1. The number of carbonyl (C=O) groups excluding carboxylic acids is 2. The van der Waals surface area contributed by atoms with Crippen molar-refractivity contribution < 1.29 is 19.4 Å². The number of rotatable bonds is 1. The molecule has 1 aromatic carbocycles. The number of aliphatic hydroxyl groups is 1. The van der Waals surface area contributed by atoms with E-state index >= 15 is 0 Å². The van der Waals surface area contributed by atoms with Gasteiger partial charge in [-0.3, -0.25) is 4.79 Å². The van der Waals surface area contributed by atoms with Gasteiger partial charge in [0.05, 0.1) is 0 Å². The Bertz CT molecular complexity index is 554. The summed E-state index contributed by atoms with van der Waals surface area (Å²) < 4.78 is 5.15. The molecule has 0 unspecified atom stereocenters. The first kappa shape index (κ1) is 13.7. The normalized spacial score (nSPS) is 22.3. The molecule has 0 spiro atoms. The smallest absolute Gasteiger partial charge is 0.347 e. The quantitative estimate of drug-likeness (QED) is 0.619. The Morgan fingerprint density at radius 3 is 2.58 bits per heavy atom. The van der Waals surface area contributed by atoms with Crippen molar-refractivity contribution >= 4 is 11.8 Å². The lowest BCUT2D eigenvalue weighted by molar-refractivity contribution is -0.171. The number of hydrogen-bond donors (Lipinski definition) is 1. The number of aryl methyl sites for hydroxylation is 1. The van der Waals surface area contributed by atoms with Crippen LogP contribution >= 0.6 is 0 Å². The van der Waals surface area contributed by atoms with E-state index in [2.05, 4.69) is 0 Å². The minimum Gasteiger partial charge on any atom is -0.457 e. The molecule has 4 nitrogen and oxygen atoms in total. The van der Waals surface area contributed by atoms with Gasteiger partial charge >= 0.3 is 5.97 Å². The molecule has 0 aliphatic heterocycles. The van der Waals surface area contributed by atoms with Crippen molar-refractivity contribution in [1.29, 1.82) is 0 Å². The van der Waals surface area contributed by atoms with Crippen LogP contribution < -0.4 is 0 Å². The second-order valence-corrected chi connectivity index (χ2v) is 6.03. The number of fused-ring (bicyclic) bond motifs is 1. The molecule has 0 bridgehead atoms. The first-order valence-corrected chi connectivity index (χ1v) is 6.24. The molecule has 0 amide bonds. The zero-order valence-electron chi connectivity index (χ0n) is 11.6. The molecular formula is C15H18O4. The van der Waals surface area contributed by atoms with E-state index in [1.165, 1.54) is 0 Å². The van der Waals surface area contributed by atoms with Crippen molar-refractivity contribution in [2.45, 2.75) is 45.3 Å². The average Bonchev–Trinajstić information content (AvgIpc) is 2.51. The fourth-order valence-electron chi connectivity index (χ4n) is 2.16. The first-order valence-electron chi connectivity index (χ1n) is 6.24. The standard InChI is InChI=1S/C15H18O4/c1-9-5-6-10-8-15(18,12(16)11(10)7-9)13(17)19-14(2,3)4/h5-7,18H,8H2,1-4H3/t15-/m0/s1. The zero-order valence-corrected chi connectivity index (χ0v) is 11.6. The van der Waals surface area contributed by atoms with Crippen LogP contribution in [0.3, 0.4) is 0 Å². The minimum absolute atomic E-state index is 0.0175. The third-order valence-corrected chi connectivity index (χ3v) is 3.07. The SMILES string of the molecule is Cc1ccc2c(c1)C(=O)[C@](O)(C(=O)OC(C)(C)C)C2. The summed E-state index contributed by atoms with van der Waals surface area (Å²) in [4.78, 5) is 24.3. The lowest BCUT2D eigenvalue weighted by Gasteiger charge is -2.25. The minimum atomic E-state index is -2.08. The van der Waals surface area contributed by atoms with Gasteiger partial charge < -0.3 is 9.84 Å². The molecule has 1 aromatic rings. The van der Waals surface area contributed by atoms with Gasteiger partial charge in [0.1, 0.15) is 5.60 Å². The van der Waals surface area contributed by atoms with E-state index in [9.17, 15) is 14.7 Å². The number of esters is 1. The second kappa shape index (κ2) is 4.17. The molecule has 1 aliphatic rings. The predicted octanol–water partition coefficient (Wildman–Crippen LogP) is 1.81. The van der Waals surface area contributed by atoms with E-state index in [1.807, 2.05) is 13.0 Å². The van der Waals surface area contributed by atoms with Crippen LogP contribution in [0, 0.1) is 6.92 Å².